The summed E-state index contributed by atoms with van der Waals surface area (Å²) in [5, 5.41) is 2.96. The zero-order valence-corrected chi connectivity index (χ0v) is 8.51. The third-order valence-electron chi connectivity index (χ3n) is 2.66. The number of nitrogens with one attached hydrogen (secondary N) is 1. The van der Waals surface area contributed by atoms with E-state index >= 15 is 0 Å². The molecule has 3 heteroatoms. The Morgan fingerprint density at radius 3 is 2.46 bits per heavy atom. The van der Waals surface area contributed by atoms with Crippen LogP contribution in [0.1, 0.15) is 32.6 Å². The monoisotopic (exact) mass is 185 g/mol. The summed E-state index contributed by atoms with van der Waals surface area (Å²) in [4.78, 5) is 10.8. The third-order valence-corrected chi connectivity index (χ3v) is 2.66. The van der Waals surface area contributed by atoms with Gasteiger partial charge in [0.25, 0.3) is 0 Å². The highest BCUT2D eigenvalue weighted by atomic mass is 16.5. The Balaban J connectivity index is 2.18. The van der Waals surface area contributed by atoms with Crippen molar-refractivity contribution in [2.45, 2.75) is 38.6 Å². The molecule has 1 amide bonds. The molecular formula is C10H19NO2. The van der Waals surface area contributed by atoms with E-state index in [0.717, 1.165) is 19.4 Å². The lowest BCUT2D eigenvalue weighted by atomic mass is 9.86. The van der Waals surface area contributed by atoms with Crippen LogP contribution in [0.2, 0.25) is 0 Å². The predicted octanol–water partition coefficient (Wildman–Crippen LogP) is 1.33. The first-order chi connectivity index (χ1) is 6.22. The van der Waals surface area contributed by atoms with Crippen LogP contribution < -0.4 is 5.32 Å². The van der Waals surface area contributed by atoms with Crippen molar-refractivity contribution in [2.24, 2.45) is 5.92 Å². The topological polar surface area (TPSA) is 38.3 Å². The molecular weight excluding hydrogens is 166 g/mol. The Morgan fingerprint density at radius 2 is 2.00 bits per heavy atom. The second-order valence-corrected chi connectivity index (χ2v) is 3.87. The normalized spacial score (nSPS) is 28.5. The van der Waals surface area contributed by atoms with Crippen LogP contribution in [0.3, 0.4) is 0 Å². The van der Waals surface area contributed by atoms with Gasteiger partial charge in [-0.15, -0.1) is 0 Å². The highest BCUT2D eigenvalue weighted by Gasteiger charge is 2.21. The third kappa shape index (κ3) is 3.77. The molecule has 0 aromatic carbocycles. The second kappa shape index (κ2) is 5.22. The van der Waals surface area contributed by atoms with Crippen molar-refractivity contribution in [2.75, 3.05) is 13.7 Å². The number of ether oxygens (including phenoxy) is 1. The van der Waals surface area contributed by atoms with Crippen LogP contribution in [-0.2, 0) is 9.53 Å². The fraction of sp³-hybridized carbons (Fsp3) is 0.900. The zero-order valence-electron chi connectivity index (χ0n) is 8.51. The summed E-state index contributed by atoms with van der Waals surface area (Å²) in [5.74, 6) is 0.796. The van der Waals surface area contributed by atoms with E-state index in [1.807, 2.05) is 0 Å². The summed E-state index contributed by atoms with van der Waals surface area (Å²) in [7, 11) is 1.75. The minimum absolute atomic E-state index is 0.0928. The van der Waals surface area contributed by atoms with Gasteiger partial charge >= 0.3 is 0 Å². The molecule has 3 nitrogen and oxygen atoms in total. The van der Waals surface area contributed by atoms with Gasteiger partial charge in [-0.05, 0) is 31.6 Å². The van der Waals surface area contributed by atoms with Crippen molar-refractivity contribution in [3.63, 3.8) is 0 Å². The fourth-order valence-electron chi connectivity index (χ4n) is 2.00. The van der Waals surface area contributed by atoms with Crippen molar-refractivity contribution in [1.29, 1.82) is 0 Å². The number of methoxy groups -OCH3 is 1. The van der Waals surface area contributed by atoms with Crippen molar-refractivity contribution < 1.29 is 9.53 Å². The molecule has 1 aliphatic carbocycles. The Kier molecular flexibility index (Phi) is 4.22. The lowest BCUT2D eigenvalue weighted by Crippen LogP contribution is -2.36. The van der Waals surface area contributed by atoms with Gasteiger partial charge in [-0.25, -0.2) is 0 Å². The first-order valence-electron chi connectivity index (χ1n) is 4.98. The number of carbonyl (C=O) groups excluding carboxylic acids is 1. The van der Waals surface area contributed by atoms with Crippen LogP contribution in [0.4, 0.5) is 0 Å². The standard InChI is InChI=1S/C10H19NO2/c1-8(12)11-10-5-3-9(4-6-10)7-13-2/h9-10H,3-7H2,1-2H3,(H,11,12). The van der Waals surface area contributed by atoms with Gasteiger partial charge in [-0.2, -0.15) is 0 Å². The Hall–Kier alpha value is -0.570. The maximum Gasteiger partial charge on any atom is 0.217 e. The van der Waals surface area contributed by atoms with Crippen LogP contribution >= 0.6 is 0 Å². The van der Waals surface area contributed by atoms with Crippen LogP contribution in [-0.4, -0.2) is 25.7 Å². The summed E-state index contributed by atoms with van der Waals surface area (Å²) in [6.45, 7) is 2.45. The van der Waals surface area contributed by atoms with Gasteiger partial charge in [0, 0.05) is 26.7 Å². The summed E-state index contributed by atoms with van der Waals surface area (Å²) >= 11 is 0. The Bertz CT molecular complexity index is 162. The fourth-order valence-corrected chi connectivity index (χ4v) is 2.00. The smallest absolute Gasteiger partial charge is 0.217 e. The van der Waals surface area contributed by atoms with Crippen molar-refractivity contribution >= 4 is 5.91 Å². The molecule has 0 spiro atoms. The van der Waals surface area contributed by atoms with Gasteiger partial charge in [0.05, 0.1) is 0 Å². The number of hydrogen-bond donors (Lipinski definition) is 1. The molecule has 0 unspecified atom stereocenters. The number of amides is 1. The minimum Gasteiger partial charge on any atom is -0.384 e. The molecule has 1 rings (SSSR count). The molecule has 0 aromatic heterocycles. The van der Waals surface area contributed by atoms with Crippen LogP contribution in [0.5, 0.6) is 0 Å². The molecule has 0 bridgehead atoms. The zero-order chi connectivity index (χ0) is 9.68. The van der Waals surface area contributed by atoms with E-state index in [0.29, 0.717) is 12.0 Å². The summed E-state index contributed by atoms with van der Waals surface area (Å²) in [5.41, 5.74) is 0. The quantitative estimate of drug-likeness (QED) is 0.720. The lowest BCUT2D eigenvalue weighted by molar-refractivity contribution is -0.119. The van der Waals surface area contributed by atoms with Gasteiger partial charge in [-0.1, -0.05) is 0 Å². The lowest BCUT2D eigenvalue weighted by Gasteiger charge is -2.28. The Morgan fingerprint density at radius 1 is 1.38 bits per heavy atom. The maximum atomic E-state index is 10.8. The first kappa shape index (κ1) is 10.5. The molecule has 1 aliphatic rings. The molecule has 1 fully saturated rings. The Labute approximate surface area is 79.8 Å². The predicted molar refractivity (Wildman–Crippen MR) is 51.4 cm³/mol. The van der Waals surface area contributed by atoms with Gasteiger partial charge in [-0.3, -0.25) is 4.79 Å². The SMILES string of the molecule is COCC1CCC(NC(C)=O)CC1. The van der Waals surface area contributed by atoms with E-state index in [1.54, 1.807) is 14.0 Å². The van der Waals surface area contributed by atoms with Gasteiger partial charge in [0.1, 0.15) is 0 Å². The number of hydrogen-bond acceptors (Lipinski definition) is 2. The molecule has 0 heterocycles. The summed E-state index contributed by atoms with van der Waals surface area (Å²) < 4.78 is 5.11. The molecule has 1 saturated carbocycles. The highest BCUT2D eigenvalue weighted by molar-refractivity contribution is 5.73. The summed E-state index contributed by atoms with van der Waals surface area (Å²) in [6, 6.07) is 0.408. The van der Waals surface area contributed by atoms with E-state index in [2.05, 4.69) is 5.32 Å². The van der Waals surface area contributed by atoms with Crippen LogP contribution in [0.15, 0.2) is 0 Å². The molecule has 1 N–H and O–H groups in total. The molecule has 0 radical (unpaired) electrons. The largest absolute Gasteiger partial charge is 0.384 e. The van der Waals surface area contributed by atoms with Crippen molar-refractivity contribution in [3.8, 4) is 0 Å². The van der Waals surface area contributed by atoms with E-state index < -0.39 is 0 Å². The van der Waals surface area contributed by atoms with Crippen molar-refractivity contribution in [3.05, 3.63) is 0 Å². The van der Waals surface area contributed by atoms with Crippen LogP contribution in [0, 0.1) is 5.92 Å². The van der Waals surface area contributed by atoms with Gasteiger partial charge in [0.2, 0.25) is 5.91 Å². The summed E-state index contributed by atoms with van der Waals surface area (Å²) in [6.07, 6.45) is 4.57. The maximum absolute atomic E-state index is 10.8. The van der Waals surface area contributed by atoms with Gasteiger partial charge in [0.15, 0.2) is 0 Å². The van der Waals surface area contributed by atoms with Crippen molar-refractivity contribution in [1.82, 2.24) is 5.32 Å². The number of carbonyl (C=O) groups is 1. The first-order valence-corrected chi connectivity index (χ1v) is 4.98. The molecule has 0 saturated heterocycles. The van der Waals surface area contributed by atoms with E-state index in [9.17, 15) is 4.79 Å². The molecule has 76 valence electrons. The van der Waals surface area contributed by atoms with E-state index in [-0.39, 0.29) is 5.91 Å². The van der Waals surface area contributed by atoms with E-state index in [1.165, 1.54) is 12.8 Å². The second-order valence-electron chi connectivity index (χ2n) is 3.87. The average Bonchev–Trinajstić information content (AvgIpc) is 2.08. The van der Waals surface area contributed by atoms with Crippen LogP contribution in [0.25, 0.3) is 0 Å². The molecule has 0 atom stereocenters. The molecule has 0 aliphatic heterocycles. The number of rotatable bonds is 3. The average molecular weight is 185 g/mol. The molecule has 0 aromatic rings. The van der Waals surface area contributed by atoms with Gasteiger partial charge < -0.3 is 10.1 Å². The molecule has 13 heavy (non-hydrogen) atoms. The minimum atomic E-state index is 0.0928. The van der Waals surface area contributed by atoms with E-state index in [4.69, 9.17) is 4.74 Å². The highest BCUT2D eigenvalue weighted by Crippen LogP contribution is 2.24.